The lowest BCUT2D eigenvalue weighted by Crippen LogP contribution is -2.20. The number of nitrogens with zero attached hydrogens (tertiary/aromatic N) is 1. The van der Waals surface area contributed by atoms with Gasteiger partial charge in [0.2, 0.25) is 5.91 Å². The van der Waals surface area contributed by atoms with Crippen molar-refractivity contribution < 1.29 is 9.59 Å². The molecular formula is C14H18N2O2. The minimum Gasteiger partial charge on any atom is -0.315 e. The van der Waals surface area contributed by atoms with Crippen molar-refractivity contribution in [1.29, 1.82) is 0 Å². The molecule has 4 nitrogen and oxygen atoms in total. The number of hydrogen-bond donors (Lipinski definition) is 1. The van der Waals surface area contributed by atoms with Crippen molar-refractivity contribution in [3.05, 3.63) is 29.3 Å². The molecular weight excluding hydrogens is 228 g/mol. The number of likely N-dealkylation sites (N-methyl/N-ethyl adjacent to an activating group) is 1. The van der Waals surface area contributed by atoms with Crippen LogP contribution in [0, 0.1) is 0 Å². The molecule has 0 saturated carbocycles. The summed E-state index contributed by atoms with van der Waals surface area (Å²) in [6.45, 7) is 1.59. The van der Waals surface area contributed by atoms with Gasteiger partial charge < -0.3 is 10.2 Å². The maximum atomic E-state index is 11.6. The van der Waals surface area contributed by atoms with Gasteiger partial charge in [-0.15, -0.1) is 0 Å². The molecule has 0 spiro atoms. The topological polar surface area (TPSA) is 49.4 Å². The molecule has 0 aromatic heterocycles. The maximum absolute atomic E-state index is 11.6. The summed E-state index contributed by atoms with van der Waals surface area (Å²) in [5.41, 5.74) is 3.08. The standard InChI is InChI=1S/C14H18N2O2/c1-9(17)6-12(15-2)10-4-5-13-11(7-10)8-14(18)16(13)3/h4-5,7,12,15H,6,8H2,1-3H3. The van der Waals surface area contributed by atoms with E-state index in [2.05, 4.69) is 5.32 Å². The van der Waals surface area contributed by atoms with Crippen LogP contribution in [0.1, 0.15) is 30.5 Å². The van der Waals surface area contributed by atoms with E-state index in [1.165, 1.54) is 0 Å². The summed E-state index contributed by atoms with van der Waals surface area (Å²) in [5, 5.41) is 3.14. The Hall–Kier alpha value is -1.68. The largest absolute Gasteiger partial charge is 0.315 e. The highest BCUT2D eigenvalue weighted by Crippen LogP contribution is 2.30. The minimum atomic E-state index is 0.0220. The van der Waals surface area contributed by atoms with E-state index in [9.17, 15) is 9.59 Å². The van der Waals surface area contributed by atoms with E-state index >= 15 is 0 Å². The maximum Gasteiger partial charge on any atom is 0.231 e. The molecule has 0 bridgehead atoms. The fourth-order valence-electron chi connectivity index (χ4n) is 2.38. The Bertz CT molecular complexity index is 497. The molecule has 1 amide bonds. The highest BCUT2D eigenvalue weighted by atomic mass is 16.2. The number of ketones is 1. The van der Waals surface area contributed by atoms with Crippen LogP contribution in [-0.2, 0) is 16.0 Å². The van der Waals surface area contributed by atoms with Gasteiger partial charge in [-0.2, -0.15) is 0 Å². The van der Waals surface area contributed by atoms with E-state index < -0.39 is 0 Å². The van der Waals surface area contributed by atoms with Gasteiger partial charge in [0.15, 0.2) is 0 Å². The molecule has 1 aliphatic rings. The number of amides is 1. The highest BCUT2D eigenvalue weighted by molar-refractivity contribution is 6.00. The van der Waals surface area contributed by atoms with Crippen molar-refractivity contribution in [2.45, 2.75) is 25.8 Å². The van der Waals surface area contributed by atoms with E-state index in [4.69, 9.17) is 0 Å². The lowest BCUT2D eigenvalue weighted by molar-refractivity contribution is -0.118. The quantitative estimate of drug-likeness (QED) is 0.874. The second-order valence-electron chi connectivity index (χ2n) is 4.77. The Balaban J connectivity index is 2.29. The SMILES string of the molecule is CNC(CC(C)=O)c1ccc2c(c1)CC(=O)N2C. The van der Waals surface area contributed by atoms with Crippen LogP contribution >= 0.6 is 0 Å². The van der Waals surface area contributed by atoms with E-state index in [1.807, 2.05) is 25.2 Å². The fraction of sp³-hybridized carbons (Fsp3) is 0.429. The second-order valence-corrected chi connectivity index (χ2v) is 4.77. The molecule has 96 valence electrons. The molecule has 1 N–H and O–H groups in total. The van der Waals surface area contributed by atoms with E-state index in [0.717, 1.165) is 16.8 Å². The van der Waals surface area contributed by atoms with Crippen molar-refractivity contribution in [3.63, 3.8) is 0 Å². The number of hydrogen-bond acceptors (Lipinski definition) is 3. The van der Waals surface area contributed by atoms with Crippen LogP contribution in [0.2, 0.25) is 0 Å². The predicted molar refractivity (Wildman–Crippen MR) is 70.7 cm³/mol. The van der Waals surface area contributed by atoms with Gasteiger partial charge in [-0.05, 0) is 31.2 Å². The molecule has 4 heteroatoms. The fourth-order valence-corrected chi connectivity index (χ4v) is 2.38. The summed E-state index contributed by atoms with van der Waals surface area (Å²) < 4.78 is 0. The molecule has 2 rings (SSSR count). The predicted octanol–water partition coefficient (Wildman–Crippen LogP) is 1.45. The zero-order chi connectivity index (χ0) is 13.3. The van der Waals surface area contributed by atoms with Crippen LogP contribution in [0.15, 0.2) is 18.2 Å². The molecule has 1 heterocycles. The lowest BCUT2D eigenvalue weighted by Gasteiger charge is -2.17. The number of rotatable bonds is 4. The van der Waals surface area contributed by atoms with Gasteiger partial charge in [0.25, 0.3) is 0 Å². The molecule has 0 aliphatic carbocycles. The molecule has 1 aliphatic heterocycles. The Labute approximate surface area is 107 Å². The zero-order valence-corrected chi connectivity index (χ0v) is 11.0. The molecule has 1 unspecified atom stereocenters. The summed E-state index contributed by atoms with van der Waals surface area (Å²) in [7, 11) is 3.64. The molecule has 18 heavy (non-hydrogen) atoms. The Morgan fingerprint density at radius 1 is 1.50 bits per heavy atom. The molecule has 0 saturated heterocycles. The van der Waals surface area contributed by atoms with Gasteiger partial charge >= 0.3 is 0 Å². The van der Waals surface area contributed by atoms with Gasteiger partial charge in [-0.25, -0.2) is 0 Å². The number of Topliss-reactive ketones (excluding diaryl/α,β-unsaturated/α-hetero) is 1. The first-order valence-corrected chi connectivity index (χ1v) is 6.09. The number of carbonyl (C=O) groups is 2. The molecule has 1 aromatic rings. The number of carbonyl (C=O) groups excluding carboxylic acids is 2. The lowest BCUT2D eigenvalue weighted by atomic mass is 9.99. The second kappa shape index (κ2) is 4.90. The number of nitrogens with one attached hydrogen (secondary N) is 1. The molecule has 0 radical (unpaired) electrons. The van der Waals surface area contributed by atoms with Gasteiger partial charge in [0, 0.05) is 25.2 Å². The van der Waals surface area contributed by atoms with Crippen molar-refractivity contribution in [3.8, 4) is 0 Å². The monoisotopic (exact) mass is 246 g/mol. The van der Waals surface area contributed by atoms with E-state index in [-0.39, 0.29) is 17.7 Å². The number of benzene rings is 1. The number of anilines is 1. The normalized spacial score (nSPS) is 15.7. The van der Waals surface area contributed by atoms with Gasteiger partial charge in [-0.3, -0.25) is 9.59 Å². The minimum absolute atomic E-state index is 0.0220. The summed E-state index contributed by atoms with van der Waals surface area (Å²) in [4.78, 5) is 24.5. The van der Waals surface area contributed by atoms with Crippen LogP contribution < -0.4 is 10.2 Å². The van der Waals surface area contributed by atoms with Gasteiger partial charge in [0.05, 0.1) is 6.42 Å². The van der Waals surface area contributed by atoms with Crippen molar-refractivity contribution in [1.82, 2.24) is 5.32 Å². The summed E-state index contributed by atoms with van der Waals surface area (Å²) in [5.74, 6) is 0.276. The van der Waals surface area contributed by atoms with Crippen LogP contribution in [0.5, 0.6) is 0 Å². The third kappa shape index (κ3) is 2.29. The Morgan fingerprint density at radius 2 is 2.22 bits per heavy atom. The number of fused-ring (bicyclic) bond motifs is 1. The Kier molecular flexibility index (Phi) is 3.48. The van der Waals surface area contributed by atoms with Crippen molar-refractivity contribution in [2.24, 2.45) is 0 Å². The molecule has 1 aromatic carbocycles. The van der Waals surface area contributed by atoms with Crippen molar-refractivity contribution >= 4 is 17.4 Å². The first kappa shape index (κ1) is 12.8. The average Bonchev–Trinajstić information content (AvgIpc) is 2.61. The summed E-state index contributed by atoms with van der Waals surface area (Å²) in [6.07, 6.45) is 0.926. The van der Waals surface area contributed by atoms with Crippen LogP contribution in [0.25, 0.3) is 0 Å². The zero-order valence-electron chi connectivity index (χ0n) is 11.0. The van der Waals surface area contributed by atoms with Crippen molar-refractivity contribution in [2.75, 3.05) is 19.0 Å². The van der Waals surface area contributed by atoms with Gasteiger partial charge in [-0.1, -0.05) is 12.1 Å². The molecule has 0 fully saturated rings. The third-order valence-corrected chi connectivity index (χ3v) is 3.42. The first-order valence-electron chi connectivity index (χ1n) is 6.09. The van der Waals surface area contributed by atoms with E-state index in [0.29, 0.717) is 12.8 Å². The van der Waals surface area contributed by atoms with Crippen LogP contribution in [-0.4, -0.2) is 25.8 Å². The first-order chi connectivity index (χ1) is 8.52. The smallest absolute Gasteiger partial charge is 0.231 e. The molecule has 1 atom stereocenters. The van der Waals surface area contributed by atoms with Crippen LogP contribution in [0.3, 0.4) is 0 Å². The third-order valence-electron chi connectivity index (χ3n) is 3.42. The summed E-state index contributed by atoms with van der Waals surface area (Å²) >= 11 is 0. The highest BCUT2D eigenvalue weighted by Gasteiger charge is 2.25. The van der Waals surface area contributed by atoms with Crippen LogP contribution in [0.4, 0.5) is 5.69 Å². The van der Waals surface area contributed by atoms with Gasteiger partial charge in [0.1, 0.15) is 5.78 Å². The van der Waals surface area contributed by atoms with E-state index in [1.54, 1.807) is 18.9 Å². The Morgan fingerprint density at radius 3 is 2.83 bits per heavy atom. The average molecular weight is 246 g/mol. The summed E-state index contributed by atoms with van der Waals surface area (Å²) in [6, 6.07) is 5.99.